The largest absolute Gasteiger partial charge is 0.477 e. The minimum absolute atomic E-state index is 0.200. The number of aromatic nitrogens is 2. The number of nitrogens with zero attached hydrogens (tertiary/aromatic N) is 2. The number of rotatable bonds is 5. The molecule has 1 heterocycles. The van der Waals surface area contributed by atoms with Crippen molar-refractivity contribution in [3.8, 4) is 0 Å². The van der Waals surface area contributed by atoms with Gasteiger partial charge in [0.1, 0.15) is 0 Å². The zero-order valence-electron chi connectivity index (χ0n) is 8.60. The molecule has 90 valence electrons. The maximum atomic E-state index is 13.0. The first-order chi connectivity index (χ1) is 7.41. The van der Waals surface area contributed by atoms with Crippen molar-refractivity contribution in [2.75, 3.05) is 0 Å². The van der Waals surface area contributed by atoms with Gasteiger partial charge in [-0.25, -0.2) is 9.78 Å². The van der Waals surface area contributed by atoms with E-state index in [1.807, 2.05) is 6.92 Å². The van der Waals surface area contributed by atoms with E-state index >= 15 is 0 Å². The fourth-order valence-electron chi connectivity index (χ4n) is 1.29. The van der Waals surface area contributed by atoms with Gasteiger partial charge in [0.05, 0.1) is 18.2 Å². The highest BCUT2D eigenvalue weighted by Crippen LogP contribution is 2.31. The van der Waals surface area contributed by atoms with Gasteiger partial charge in [-0.2, -0.15) is 8.78 Å². The lowest BCUT2D eigenvalue weighted by atomic mass is 10.1. The lowest BCUT2D eigenvalue weighted by molar-refractivity contribution is -0.183. The molecule has 1 aromatic heterocycles. The van der Waals surface area contributed by atoms with Crippen LogP contribution in [0.1, 0.15) is 25.1 Å². The van der Waals surface area contributed by atoms with E-state index in [4.69, 9.17) is 5.11 Å². The zero-order valence-corrected chi connectivity index (χ0v) is 8.60. The van der Waals surface area contributed by atoms with E-state index in [1.165, 1.54) is 10.9 Å². The van der Waals surface area contributed by atoms with Gasteiger partial charge < -0.3 is 14.8 Å². The summed E-state index contributed by atoms with van der Waals surface area (Å²) < 4.78 is 27.4. The molecule has 0 aromatic carbocycles. The van der Waals surface area contributed by atoms with Crippen LogP contribution in [0.15, 0.2) is 12.5 Å². The molecule has 2 N–H and O–H groups in total. The number of aliphatic carboxylic acids is 1. The Morgan fingerprint density at radius 2 is 2.31 bits per heavy atom. The average Bonchev–Trinajstić information content (AvgIpc) is 2.65. The van der Waals surface area contributed by atoms with Crippen LogP contribution in [-0.4, -0.2) is 31.7 Å². The molecule has 1 rings (SSSR count). The number of hydrogen-bond donors (Lipinski definition) is 2. The number of alkyl halides is 2. The number of halogens is 2. The van der Waals surface area contributed by atoms with Gasteiger partial charge in [-0.05, 0) is 6.42 Å². The van der Waals surface area contributed by atoms with Gasteiger partial charge in [-0.1, -0.05) is 6.92 Å². The normalized spacial score (nSPS) is 13.8. The van der Waals surface area contributed by atoms with Crippen molar-refractivity contribution in [2.24, 2.45) is 0 Å². The van der Waals surface area contributed by atoms with Crippen LogP contribution in [-0.2, 0) is 11.3 Å². The van der Waals surface area contributed by atoms with Crippen LogP contribution in [0, 0.1) is 0 Å². The average molecular weight is 234 g/mol. The van der Waals surface area contributed by atoms with Crippen LogP contribution in [0.3, 0.4) is 0 Å². The molecular weight excluding hydrogens is 222 g/mol. The first-order valence-electron chi connectivity index (χ1n) is 4.70. The second-order valence-electron chi connectivity index (χ2n) is 3.34. The predicted octanol–water partition coefficient (Wildman–Crippen LogP) is 1.05. The standard InChI is InChI=1S/C9H12F2N2O3/c1-2-3-13-5-12-4-6(13)7(14)9(10,11)8(15)16/h4-5,7,14H,2-3H2,1H3,(H,15,16). The third-order valence-electron chi connectivity index (χ3n) is 2.12. The highest BCUT2D eigenvalue weighted by atomic mass is 19.3. The Morgan fingerprint density at radius 3 is 2.81 bits per heavy atom. The van der Waals surface area contributed by atoms with E-state index in [2.05, 4.69) is 4.98 Å². The molecule has 0 bridgehead atoms. The summed E-state index contributed by atoms with van der Waals surface area (Å²) in [6.45, 7) is 2.22. The smallest absolute Gasteiger partial charge is 0.377 e. The molecule has 0 aliphatic rings. The van der Waals surface area contributed by atoms with E-state index in [-0.39, 0.29) is 5.69 Å². The van der Waals surface area contributed by atoms with Crippen LogP contribution in [0.4, 0.5) is 8.78 Å². The molecule has 0 spiro atoms. The number of aliphatic hydroxyl groups excluding tert-OH is 1. The summed E-state index contributed by atoms with van der Waals surface area (Å²) >= 11 is 0. The van der Waals surface area contributed by atoms with Crippen molar-refractivity contribution in [2.45, 2.75) is 31.9 Å². The third kappa shape index (κ3) is 2.19. The zero-order chi connectivity index (χ0) is 12.3. The number of aryl methyl sites for hydroxylation is 1. The Hall–Kier alpha value is -1.50. The van der Waals surface area contributed by atoms with Crippen molar-refractivity contribution >= 4 is 5.97 Å². The number of carboxylic acids is 1. The van der Waals surface area contributed by atoms with Gasteiger partial charge in [0.25, 0.3) is 0 Å². The molecule has 0 radical (unpaired) electrons. The topological polar surface area (TPSA) is 75.3 Å². The molecule has 7 heteroatoms. The van der Waals surface area contributed by atoms with E-state index < -0.39 is 18.0 Å². The number of hydrogen-bond acceptors (Lipinski definition) is 3. The maximum absolute atomic E-state index is 13.0. The fraction of sp³-hybridized carbons (Fsp3) is 0.556. The molecule has 0 saturated heterocycles. The highest BCUT2D eigenvalue weighted by molar-refractivity contribution is 5.76. The lowest BCUT2D eigenvalue weighted by Gasteiger charge is -2.19. The van der Waals surface area contributed by atoms with Crippen molar-refractivity contribution < 1.29 is 23.8 Å². The van der Waals surface area contributed by atoms with E-state index in [0.29, 0.717) is 13.0 Å². The molecule has 5 nitrogen and oxygen atoms in total. The van der Waals surface area contributed by atoms with E-state index in [1.54, 1.807) is 0 Å². The van der Waals surface area contributed by atoms with Crippen LogP contribution >= 0.6 is 0 Å². The Kier molecular flexibility index (Phi) is 3.58. The van der Waals surface area contributed by atoms with Crippen LogP contribution in [0.25, 0.3) is 0 Å². The molecule has 1 aromatic rings. The Balaban J connectivity index is 2.99. The molecule has 1 atom stereocenters. The summed E-state index contributed by atoms with van der Waals surface area (Å²) in [4.78, 5) is 13.9. The quantitative estimate of drug-likeness (QED) is 0.798. The second kappa shape index (κ2) is 4.56. The SMILES string of the molecule is CCCn1cncc1C(O)C(F)(F)C(=O)O. The molecule has 0 amide bonds. The molecule has 16 heavy (non-hydrogen) atoms. The molecule has 0 aliphatic carbocycles. The monoisotopic (exact) mass is 234 g/mol. The van der Waals surface area contributed by atoms with Crippen molar-refractivity contribution in [1.29, 1.82) is 0 Å². The Labute approximate surface area is 90.3 Å². The van der Waals surface area contributed by atoms with Crippen LogP contribution in [0.2, 0.25) is 0 Å². The van der Waals surface area contributed by atoms with Crippen molar-refractivity contribution in [3.05, 3.63) is 18.2 Å². The molecule has 0 aliphatic heterocycles. The summed E-state index contributed by atoms with van der Waals surface area (Å²) in [5.74, 6) is -6.57. The van der Waals surface area contributed by atoms with Gasteiger partial charge >= 0.3 is 11.9 Å². The minimum Gasteiger partial charge on any atom is -0.477 e. The molecule has 1 unspecified atom stereocenters. The van der Waals surface area contributed by atoms with Gasteiger partial charge in [0.15, 0.2) is 6.10 Å². The molecule has 0 fully saturated rings. The van der Waals surface area contributed by atoms with Crippen LogP contribution < -0.4 is 0 Å². The maximum Gasteiger partial charge on any atom is 0.377 e. The molecular formula is C9H12F2N2O3. The fourth-order valence-corrected chi connectivity index (χ4v) is 1.29. The lowest BCUT2D eigenvalue weighted by Crippen LogP contribution is -2.36. The van der Waals surface area contributed by atoms with Gasteiger partial charge in [0.2, 0.25) is 0 Å². The van der Waals surface area contributed by atoms with Crippen molar-refractivity contribution in [1.82, 2.24) is 9.55 Å². The van der Waals surface area contributed by atoms with E-state index in [0.717, 1.165) is 6.20 Å². The van der Waals surface area contributed by atoms with Gasteiger partial charge in [0, 0.05) is 6.54 Å². The predicted molar refractivity (Wildman–Crippen MR) is 50.1 cm³/mol. The summed E-state index contributed by atoms with van der Waals surface area (Å²) in [6, 6.07) is 0. The Bertz CT molecular complexity index is 379. The third-order valence-corrected chi connectivity index (χ3v) is 2.12. The van der Waals surface area contributed by atoms with Crippen molar-refractivity contribution in [3.63, 3.8) is 0 Å². The first-order valence-corrected chi connectivity index (χ1v) is 4.70. The van der Waals surface area contributed by atoms with Gasteiger partial charge in [-0.3, -0.25) is 0 Å². The second-order valence-corrected chi connectivity index (χ2v) is 3.34. The first kappa shape index (κ1) is 12.6. The van der Waals surface area contributed by atoms with Crippen LogP contribution in [0.5, 0.6) is 0 Å². The number of aliphatic hydroxyl groups is 1. The minimum atomic E-state index is -4.22. The summed E-state index contributed by atoms with van der Waals surface area (Å²) in [5, 5.41) is 17.6. The number of carboxylic acid groups (broad SMARTS) is 1. The van der Waals surface area contributed by atoms with E-state index in [9.17, 15) is 18.7 Å². The summed E-state index contributed by atoms with van der Waals surface area (Å²) in [5.41, 5.74) is -0.200. The summed E-state index contributed by atoms with van der Waals surface area (Å²) in [7, 11) is 0. The Morgan fingerprint density at radius 1 is 1.69 bits per heavy atom. The van der Waals surface area contributed by atoms with Gasteiger partial charge in [-0.15, -0.1) is 0 Å². The molecule has 0 saturated carbocycles. The number of imidazole rings is 1. The highest BCUT2D eigenvalue weighted by Gasteiger charge is 2.48. The summed E-state index contributed by atoms with van der Waals surface area (Å²) in [6.07, 6.45) is 0.588. The number of carbonyl (C=O) groups is 1.